The van der Waals surface area contributed by atoms with Crippen LogP contribution in [0.3, 0.4) is 0 Å². The van der Waals surface area contributed by atoms with Gasteiger partial charge in [-0.25, -0.2) is 4.79 Å². The van der Waals surface area contributed by atoms with Gasteiger partial charge in [-0.2, -0.15) is 0 Å². The smallest absolute Gasteiger partial charge is 0.414 e. The monoisotopic (exact) mass is 401 g/mol. The fraction of sp³-hybridized carbons (Fsp3) is 0.269. The predicted octanol–water partition coefficient (Wildman–Crippen LogP) is 5.56. The molecule has 1 aliphatic rings. The van der Waals surface area contributed by atoms with Crippen molar-refractivity contribution < 1.29 is 14.6 Å². The van der Waals surface area contributed by atoms with Gasteiger partial charge >= 0.3 is 6.09 Å². The number of hydrogen-bond acceptors (Lipinski definition) is 3. The summed E-state index contributed by atoms with van der Waals surface area (Å²) in [5.74, 6) is 0.364. The molecule has 0 unspecified atom stereocenters. The lowest BCUT2D eigenvalue weighted by atomic mass is 9.98. The molecule has 1 aliphatic carbocycles. The second-order valence-corrected chi connectivity index (χ2v) is 7.93. The minimum Gasteiger partial charge on any atom is -0.448 e. The van der Waals surface area contributed by atoms with Crippen LogP contribution in [0, 0.1) is 0 Å². The molecule has 0 saturated heterocycles. The molecule has 0 bridgehead atoms. The zero-order valence-electron chi connectivity index (χ0n) is 17.4. The molecule has 1 amide bonds. The Morgan fingerprint density at radius 3 is 2.20 bits per heavy atom. The maximum absolute atomic E-state index is 13.0. The van der Waals surface area contributed by atoms with Gasteiger partial charge < -0.3 is 9.84 Å². The van der Waals surface area contributed by atoms with Gasteiger partial charge in [-0.3, -0.25) is 4.90 Å². The molecule has 30 heavy (non-hydrogen) atoms. The Kier molecular flexibility index (Phi) is 5.86. The van der Waals surface area contributed by atoms with E-state index in [9.17, 15) is 9.90 Å². The third kappa shape index (κ3) is 3.83. The van der Waals surface area contributed by atoms with E-state index in [0.717, 1.165) is 11.3 Å². The number of ether oxygens (including phenoxy) is 1. The van der Waals surface area contributed by atoms with Gasteiger partial charge in [0.05, 0.1) is 13.2 Å². The lowest BCUT2D eigenvalue weighted by molar-refractivity contribution is 0.148. The van der Waals surface area contributed by atoms with Gasteiger partial charge in [-0.1, -0.05) is 74.5 Å². The van der Waals surface area contributed by atoms with Crippen molar-refractivity contribution >= 4 is 11.8 Å². The molecule has 3 aromatic carbocycles. The number of carbonyl (C=O) groups excluding carboxylic acids is 1. The highest BCUT2D eigenvalue weighted by atomic mass is 16.6. The van der Waals surface area contributed by atoms with Crippen molar-refractivity contribution in [2.45, 2.75) is 25.7 Å². The van der Waals surface area contributed by atoms with Gasteiger partial charge in [-0.05, 0) is 45.9 Å². The third-order valence-electron chi connectivity index (χ3n) is 5.73. The van der Waals surface area contributed by atoms with Gasteiger partial charge in [0.1, 0.15) is 6.61 Å². The van der Waals surface area contributed by atoms with Crippen molar-refractivity contribution in [2.24, 2.45) is 0 Å². The predicted molar refractivity (Wildman–Crippen MR) is 120 cm³/mol. The van der Waals surface area contributed by atoms with Crippen molar-refractivity contribution in [2.75, 3.05) is 24.7 Å². The van der Waals surface area contributed by atoms with Gasteiger partial charge in [0.2, 0.25) is 0 Å². The van der Waals surface area contributed by atoms with E-state index in [2.05, 4.69) is 38.1 Å². The molecule has 0 spiro atoms. The second kappa shape index (κ2) is 8.72. The molecule has 0 aliphatic heterocycles. The number of benzene rings is 3. The number of fused-ring (bicyclic) bond motifs is 3. The van der Waals surface area contributed by atoms with E-state index in [1.165, 1.54) is 27.2 Å². The summed E-state index contributed by atoms with van der Waals surface area (Å²) in [6, 6.07) is 24.4. The Labute approximate surface area is 177 Å². The molecule has 3 aromatic rings. The van der Waals surface area contributed by atoms with E-state index in [-0.39, 0.29) is 25.7 Å². The molecule has 0 heterocycles. The SMILES string of the molecule is CC(C)c1cccc(N(CCO)C(=O)OCC2c3ccccc3-c3ccccc32)c1. The molecule has 0 saturated carbocycles. The lowest BCUT2D eigenvalue weighted by Gasteiger charge is -2.24. The number of hydrogen-bond donors (Lipinski definition) is 1. The Bertz CT molecular complexity index is 998. The van der Waals surface area contributed by atoms with E-state index >= 15 is 0 Å². The molecule has 4 nitrogen and oxygen atoms in total. The minimum atomic E-state index is -0.438. The number of amides is 1. The molecule has 0 aromatic heterocycles. The molecule has 154 valence electrons. The number of aliphatic hydroxyl groups excluding tert-OH is 1. The van der Waals surface area contributed by atoms with Crippen LogP contribution in [-0.4, -0.2) is 31.0 Å². The van der Waals surface area contributed by atoms with Crippen LogP contribution in [0.5, 0.6) is 0 Å². The van der Waals surface area contributed by atoms with Crippen molar-refractivity contribution in [1.29, 1.82) is 0 Å². The standard InChI is InChI=1S/C26H27NO3/c1-18(2)19-8-7-9-20(16-19)27(14-15-28)26(29)30-17-25-23-12-5-3-10-21(23)22-11-4-6-13-24(22)25/h3-13,16,18,25,28H,14-15,17H2,1-2H3. The van der Waals surface area contributed by atoms with Crippen LogP contribution in [0.25, 0.3) is 11.1 Å². The van der Waals surface area contributed by atoms with Crippen molar-refractivity contribution in [1.82, 2.24) is 0 Å². The van der Waals surface area contributed by atoms with E-state index in [0.29, 0.717) is 5.92 Å². The fourth-order valence-electron chi connectivity index (χ4n) is 4.15. The maximum Gasteiger partial charge on any atom is 0.414 e. The van der Waals surface area contributed by atoms with E-state index < -0.39 is 6.09 Å². The Morgan fingerprint density at radius 1 is 0.967 bits per heavy atom. The summed E-state index contributed by atoms with van der Waals surface area (Å²) in [6.45, 7) is 4.55. The zero-order valence-corrected chi connectivity index (χ0v) is 17.4. The number of anilines is 1. The van der Waals surface area contributed by atoms with Crippen LogP contribution in [-0.2, 0) is 4.74 Å². The van der Waals surface area contributed by atoms with Crippen LogP contribution in [0.1, 0.15) is 42.4 Å². The minimum absolute atomic E-state index is 0.0133. The highest BCUT2D eigenvalue weighted by Gasteiger charge is 2.30. The summed E-state index contributed by atoms with van der Waals surface area (Å²) >= 11 is 0. The van der Waals surface area contributed by atoms with Crippen LogP contribution in [0.4, 0.5) is 10.5 Å². The largest absolute Gasteiger partial charge is 0.448 e. The van der Waals surface area contributed by atoms with Crippen LogP contribution in [0.15, 0.2) is 72.8 Å². The first-order chi connectivity index (χ1) is 14.6. The quantitative estimate of drug-likeness (QED) is 0.588. The summed E-state index contributed by atoms with van der Waals surface area (Å²) in [4.78, 5) is 14.5. The molecule has 4 rings (SSSR count). The maximum atomic E-state index is 13.0. The summed E-state index contributed by atoms with van der Waals surface area (Å²) in [5.41, 5.74) is 6.65. The van der Waals surface area contributed by atoms with Crippen LogP contribution in [0.2, 0.25) is 0 Å². The topological polar surface area (TPSA) is 49.8 Å². The lowest BCUT2D eigenvalue weighted by Crippen LogP contribution is -2.35. The number of carbonyl (C=O) groups is 1. The summed E-state index contributed by atoms with van der Waals surface area (Å²) < 4.78 is 5.79. The van der Waals surface area contributed by atoms with Gasteiger partial charge in [0.25, 0.3) is 0 Å². The Balaban J connectivity index is 1.55. The normalized spacial score (nSPS) is 12.5. The molecular weight excluding hydrogens is 374 g/mol. The molecule has 0 radical (unpaired) electrons. The van der Waals surface area contributed by atoms with Gasteiger partial charge in [0.15, 0.2) is 0 Å². The number of aliphatic hydroxyl groups is 1. The van der Waals surface area contributed by atoms with Crippen molar-refractivity contribution in [3.05, 3.63) is 89.5 Å². The number of rotatable bonds is 6. The van der Waals surface area contributed by atoms with Gasteiger partial charge in [-0.15, -0.1) is 0 Å². The van der Waals surface area contributed by atoms with Crippen LogP contribution < -0.4 is 4.90 Å². The van der Waals surface area contributed by atoms with Gasteiger partial charge in [0, 0.05) is 11.6 Å². The number of nitrogens with zero attached hydrogens (tertiary/aromatic N) is 1. The van der Waals surface area contributed by atoms with Crippen molar-refractivity contribution in [3.63, 3.8) is 0 Å². The first kappa shape index (κ1) is 20.2. The fourth-order valence-corrected chi connectivity index (χ4v) is 4.15. The van der Waals surface area contributed by atoms with E-state index in [4.69, 9.17) is 4.74 Å². The average Bonchev–Trinajstić information content (AvgIpc) is 3.09. The third-order valence-corrected chi connectivity index (χ3v) is 5.73. The molecular formula is C26H27NO3. The first-order valence-corrected chi connectivity index (χ1v) is 10.4. The summed E-state index contributed by atoms with van der Waals surface area (Å²) in [7, 11) is 0. The molecule has 0 fully saturated rings. The van der Waals surface area contributed by atoms with E-state index in [1.54, 1.807) is 0 Å². The van der Waals surface area contributed by atoms with E-state index in [1.807, 2.05) is 48.5 Å². The Hall–Kier alpha value is -3.11. The molecule has 1 N–H and O–H groups in total. The Morgan fingerprint density at radius 2 is 1.60 bits per heavy atom. The zero-order chi connectivity index (χ0) is 21.1. The molecule has 0 atom stereocenters. The highest BCUT2D eigenvalue weighted by Crippen LogP contribution is 2.44. The summed E-state index contributed by atoms with van der Waals surface area (Å²) in [5, 5.41) is 9.52. The van der Waals surface area contributed by atoms with Crippen LogP contribution >= 0.6 is 0 Å². The summed E-state index contributed by atoms with van der Waals surface area (Å²) in [6.07, 6.45) is -0.438. The second-order valence-electron chi connectivity index (χ2n) is 7.93. The first-order valence-electron chi connectivity index (χ1n) is 10.4. The van der Waals surface area contributed by atoms with Crippen molar-refractivity contribution in [3.8, 4) is 11.1 Å². The average molecular weight is 402 g/mol. The molecule has 4 heteroatoms. The highest BCUT2D eigenvalue weighted by molar-refractivity contribution is 5.88.